The smallest absolute Gasteiger partial charge is 0.416 e. The largest absolute Gasteiger partial charge is 0.481 e. The molecule has 0 fully saturated rings. The molecular formula is C15H15F3N2O2. The number of carboxylic acids is 1. The third-order valence-electron chi connectivity index (χ3n) is 3.35. The number of hydrogen-bond donors (Lipinski definition) is 1. The summed E-state index contributed by atoms with van der Waals surface area (Å²) < 4.78 is 39.3. The minimum Gasteiger partial charge on any atom is -0.481 e. The lowest BCUT2D eigenvalue weighted by atomic mass is 9.98. The Bertz CT molecular complexity index is 675. The van der Waals surface area contributed by atoms with Gasteiger partial charge in [0, 0.05) is 25.2 Å². The predicted molar refractivity (Wildman–Crippen MR) is 74.1 cm³/mol. The molecule has 0 aliphatic heterocycles. The molecule has 0 saturated heterocycles. The highest BCUT2D eigenvalue weighted by atomic mass is 19.4. The van der Waals surface area contributed by atoms with E-state index in [1.165, 1.54) is 16.8 Å². The first kappa shape index (κ1) is 16.1. The number of aryl methyl sites for hydroxylation is 1. The van der Waals surface area contributed by atoms with Crippen molar-refractivity contribution in [1.29, 1.82) is 0 Å². The number of halogens is 3. The van der Waals surface area contributed by atoms with Crippen LogP contribution in [0.1, 0.15) is 18.2 Å². The first-order chi connectivity index (χ1) is 10.2. The summed E-state index contributed by atoms with van der Waals surface area (Å²) in [4.78, 5) is 11.0. The highest BCUT2D eigenvalue weighted by Gasteiger charge is 2.30. The number of rotatable bonds is 4. The van der Waals surface area contributed by atoms with Gasteiger partial charge in [-0.05, 0) is 17.7 Å². The number of hydrogen-bond acceptors (Lipinski definition) is 2. The van der Waals surface area contributed by atoms with Crippen LogP contribution >= 0.6 is 0 Å². The van der Waals surface area contributed by atoms with Crippen LogP contribution in [0, 0.1) is 5.92 Å². The van der Waals surface area contributed by atoms with E-state index >= 15 is 0 Å². The van der Waals surface area contributed by atoms with Crippen LogP contribution in [-0.4, -0.2) is 20.9 Å². The lowest BCUT2D eigenvalue weighted by Gasteiger charge is -2.09. The van der Waals surface area contributed by atoms with Crippen molar-refractivity contribution in [2.75, 3.05) is 0 Å². The van der Waals surface area contributed by atoms with Crippen molar-refractivity contribution >= 4 is 5.97 Å². The van der Waals surface area contributed by atoms with E-state index in [-0.39, 0.29) is 6.42 Å². The van der Waals surface area contributed by atoms with Crippen molar-refractivity contribution in [2.45, 2.75) is 19.5 Å². The Labute approximate surface area is 125 Å². The van der Waals surface area contributed by atoms with Gasteiger partial charge in [-0.25, -0.2) is 0 Å². The Morgan fingerprint density at radius 2 is 1.91 bits per heavy atom. The maximum absolute atomic E-state index is 12.6. The lowest BCUT2D eigenvalue weighted by molar-refractivity contribution is -0.141. The van der Waals surface area contributed by atoms with Gasteiger partial charge in [-0.3, -0.25) is 9.48 Å². The van der Waals surface area contributed by atoms with Crippen LogP contribution in [-0.2, 0) is 24.4 Å². The topological polar surface area (TPSA) is 55.1 Å². The average Bonchev–Trinajstić information content (AvgIpc) is 2.78. The summed E-state index contributed by atoms with van der Waals surface area (Å²) in [5, 5.41) is 13.2. The second-order valence-corrected chi connectivity index (χ2v) is 5.18. The molecule has 0 spiro atoms. The predicted octanol–water partition coefficient (Wildman–Crippen LogP) is 3.37. The maximum Gasteiger partial charge on any atom is 0.416 e. The van der Waals surface area contributed by atoms with E-state index in [2.05, 4.69) is 5.10 Å². The molecule has 1 unspecified atom stereocenters. The third-order valence-corrected chi connectivity index (χ3v) is 3.35. The Balaban J connectivity index is 2.34. The highest BCUT2D eigenvalue weighted by Crippen LogP contribution is 2.32. The van der Waals surface area contributed by atoms with Gasteiger partial charge in [-0.2, -0.15) is 18.3 Å². The fraction of sp³-hybridized carbons (Fsp3) is 0.333. The summed E-state index contributed by atoms with van der Waals surface area (Å²) in [6.45, 7) is 1.56. The normalized spacial score (nSPS) is 13.1. The maximum atomic E-state index is 12.6. The van der Waals surface area contributed by atoms with Crippen LogP contribution < -0.4 is 0 Å². The monoisotopic (exact) mass is 312 g/mol. The SMILES string of the molecule is CC(Cc1nn(C)cc1-c1ccc(C(F)(F)F)cc1)C(=O)O. The quantitative estimate of drug-likeness (QED) is 0.941. The van der Waals surface area contributed by atoms with Crippen molar-refractivity contribution in [1.82, 2.24) is 9.78 Å². The van der Waals surface area contributed by atoms with Crippen LogP contribution in [0.4, 0.5) is 13.2 Å². The van der Waals surface area contributed by atoms with Gasteiger partial charge in [0.1, 0.15) is 0 Å². The molecule has 0 amide bonds. The van der Waals surface area contributed by atoms with Crippen molar-refractivity contribution in [3.63, 3.8) is 0 Å². The minimum atomic E-state index is -4.38. The van der Waals surface area contributed by atoms with Gasteiger partial charge >= 0.3 is 12.1 Å². The molecule has 7 heteroatoms. The Kier molecular flexibility index (Phi) is 4.25. The number of carbonyl (C=O) groups is 1. The van der Waals surface area contributed by atoms with Crippen LogP contribution in [0.2, 0.25) is 0 Å². The molecule has 22 heavy (non-hydrogen) atoms. The Hall–Kier alpha value is -2.31. The van der Waals surface area contributed by atoms with Crippen molar-refractivity contribution < 1.29 is 23.1 Å². The van der Waals surface area contributed by atoms with E-state index in [1.54, 1.807) is 20.2 Å². The summed E-state index contributed by atoms with van der Waals surface area (Å²) in [6.07, 6.45) is -2.49. The number of aromatic nitrogens is 2. The van der Waals surface area contributed by atoms with Gasteiger partial charge in [0.2, 0.25) is 0 Å². The molecule has 2 rings (SSSR count). The van der Waals surface area contributed by atoms with E-state index < -0.39 is 23.6 Å². The average molecular weight is 312 g/mol. The fourth-order valence-corrected chi connectivity index (χ4v) is 2.14. The molecule has 2 aromatic rings. The molecule has 0 saturated carbocycles. The fourth-order valence-electron chi connectivity index (χ4n) is 2.14. The van der Waals surface area contributed by atoms with Gasteiger partial charge in [0.05, 0.1) is 17.2 Å². The zero-order valence-electron chi connectivity index (χ0n) is 12.1. The molecule has 1 N–H and O–H groups in total. The number of aliphatic carboxylic acids is 1. The molecule has 0 aliphatic rings. The summed E-state index contributed by atoms with van der Waals surface area (Å²) in [6, 6.07) is 4.75. The highest BCUT2D eigenvalue weighted by molar-refractivity contribution is 5.71. The number of benzene rings is 1. The van der Waals surface area contributed by atoms with Gasteiger partial charge in [-0.15, -0.1) is 0 Å². The summed E-state index contributed by atoms with van der Waals surface area (Å²) in [5.74, 6) is -1.56. The number of alkyl halides is 3. The van der Waals surface area contributed by atoms with Crippen molar-refractivity contribution in [2.24, 2.45) is 13.0 Å². The van der Waals surface area contributed by atoms with Crippen LogP contribution in [0.3, 0.4) is 0 Å². The van der Waals surface area contributed by atoms with E-state index in [0.29, 0.717) is 16.8 Å². The molecular weight excluding hydrogens is 297 g/mol. The van der Waals surface area contributed by atoms with Crippen molar-refractivity contribution in [3.8, 4) is 11.1 Å². The summed E-state index contributed by atoms with van der Waals surface area (Å²) in [5.41, 5.74) is 1.05. The molecule has 0 bridgehead atoms. The van der Waals surface area contributed by atoms with Crippen LogP contribution in [0.5, 0.6) is 0 Å². The molecule has 0 aliphatic carbocycles. The second-order valence-electron chi connectivity index (χ2n) is 5.18. The van der Waals surface area contributed by atoms with Gasteiger partial charge in [0.25, 0.3) is 0 Å². The standard InChI is InChI=1S/C15H15F3N2O2/c1-9(14(21)22)7-13-12(8-20(2)19-13)10-3-5-11(6-4-10)15(16,17)18/h3-6,8-9H,7H2,1-2H3,(H,21,22). The first-order valence-electron chi connectivity index (χ1n) is 6.61. The first-order valence-corrected chi connectivity index (χ1v) is 6.61. The van der Waals surface area contributed by atoms with E-state index in [4.69, 9.17) is 5.11 Å². The molecule has 118 valence electrons. The van der Waals surface area contributed by atoms with E-state index in [9.17, 15) is 18.0 Å². The van der Waals surface area contributed by atoms with E-state index in [1.807, 2.05) is 0 Å². The summed E-state index contributed by atoms with van der Waals surface area (Å²) >= 11 is 0. The molecule has 1 atom stereocenters. The summed E-state index contributed by atoms with van der Waals surface area (Å²) in [7, 11) is 1.68. The van der Waals surface area contributed by atoms with Gasteiger partial charge in [-0.1, -0.05) is 19.1 Å². The third kappa shape index (κ3) is 3.47. The van der Waals surface area contributed by atoms with Gasteiger partial charge in [0.15, 0.2) is 0 Å². The van der Waals surface area contributed by atoms with Crippen LogP contribution in [0.25, 0.3) is 11.1 Å². The molecule has 1 aromatic carbocycles. The second kappa shape index (κ2) is 5.82. The zero-order valence-corrected chi connectivity index (χ0v) is 12.1. The minimum absolute atomic E-state index is 0.215. The zero-order chi connectivity index (χ0) is 16.5. The van der Waals surface area contributed by atoms with Crippen molar-refractivity contribution in [3.05, 3.63) is 41.7 Å². The Morgan fingerprint density at radius 3 is 2.41 bits per heavy atom. The van der Waals surface area contributed by atoms with Crippen LogP contribution in [0.15, 0.2) is 30.5 Å². The van der Waals surface area contributed by atoms with E-state index in [0.717, 1.165) is 12.1 Å². The number of carboxylic acid groups (broad SMARTS) is 1. The van der Waals surface area contributed by atoms with Gasteiger partial charge < -0.3 is 5.11 Å². The molecule has 0 radical (unpaired) electrons. The molecule has 4 nitrogen and oxygen atoms in total. The lowest BCUT2D eigenvalue weighted by Crippen LogP contribution is -2.13. The number of nitrogens with zero attached hydrogens (tertiary/aromatic N) is 2. The Morgan fingerprint density at radius 1 is 1.32 bits per heavy atom. The molecule has 1 heterocycles. The molecule has 1 aromatic heterocycles.